The molecule has 0 bridgehead atoms. The lowest BCUT2D eigenvalue weighted by Crippen LogP contribution is -2.00. The molecule has 0 unspecified atom stereocenters. The highest BCUT2D eigenvalue weighted by atomic mass is 16.5. The van der Waals surface area contributed by atoms with E-state index in [1.165, 1.54) is 6.92 Å². The molecule has 0 aromatic heterocycles. The second kappa shape index (κ2) is 3.92. The zero-order chi connectivity index (χ0) is 8.97. The number of Topliss-reactive ketones (excluding diaryl/α,β-unsaturated/α-hetero) is 1. The molecule has 1 rings (SSSR count). The molecule has 0 aliphatic carbocycles. The van der Waals surface area contributed by atoms with Crippen LogP contribution in [0.4, 0.5) is 0 Å². The van der Waals surface area contributed by atoms with Crippen LogP contribution in [0.3, 0.4) is 0 Å². The quantitative estimate of drug-likeness (QED) is 0.529. The maximum absolute atomic E-state index is 10.8. The fourth-order valence-corrected chi connectivity index (χ4v) is 0.829. The van der Waals surface area contributed by atoms with Crippen LogP contribution in [0, 0.1) is 0 Å². The van der Waals surface area contributed by atoms with Crippen molar-refractivity contribution in [2.75, 3.05) is 0 Å². The molecule has 0 atom stereocenters. The SMILES string of the molecule is CC(=O)c1ccc(O[B]O)cc1. The Morgan fingerprint density at radius 2 is 2.00 bits per heavy atom. The average molecular weight is 163 g/mol. The number of hydrogen-bond donors (Lipinski definition) is 1. The third-order valence-electron chi connectivity index (χ3n) is 1.45. The molecule has 1 aromatic carbocycles. The molecular formula is C8H8BO3. The smallest absolute Gasteiger partial charge is 0.537 e. The van der Waals surface area contributed by atoms with E-state index in [1.54, 1.807) is 24.3 Å². The minimum Gasteiger partial charge on any atom is -0.537 e. The van der Waals surface area contributed by atoms with E-state index >= 15 is 0 Å². The molecule has 0 aliphatic rings. The molecule has 0 spiro atoms. The van der Waals surface area contributed by atoms with Crippen molar-refractivity contribution in [3.05, 3.63) is 29.8 Å². The fourth-order valence-electron chi connectivity index (χ4n) is 0.829. The van der Waals surface area contributed by atoms with E-state index < -0.39 is 0 Å². The molecule has 0 fully saturated rings. The van der Waals surface area contributed by atoms with Gasteiger partial charge in [0.1, 0.15) is 5.75 Å². The van der Waals surface area contributed by atoms with Gasteiger partial charge in [-0.25, -0.2) is 0 Å². The molecule has 3 nitrogen and oxygen atoms in total. The Hall–Kier alpha value is -1.29. The van der Waals surface area contributed by atoms with Crippen molar-refractivity contribution in [2.45, 2.75) is 6.92 Å². The van der Waals surface area contributed by atoms with Crippen LogP contribution in [0.1, 0.15) is 17.3 Å². The van der Waals surface area contributed by atoms with Crippen molar-refractivity contribution in [3.8, 4) is 5.75 Å². The Labute approximate surface area is 71.3 Å². The summed E-state index contributed by atoms with van der Waals surface area (Å²) in [6.07, 6.45) is 0. The minimum atomic E-state index is 0.00882. The summed E-state index contributed by atoms with van der Waals surface area (Å²) in [6, 6.07) is 6.51. The molecule has 61 valence electrons. The largest absolute Gasteiger partial charge is 0.569 e. The van der Waals surface area contributed by atoms with Gasteiger partial charge in [-0.1, -0.05) is 0 Å². The fraction of sp³-hybridized carbons (Fsp3) is 0.125. The van der Waals surface area contributed by atoms with Gasteiger partial charge in [-0.2, -0.15) is 0 Å². The summed E-state index contributed by atoms with van der Waals surface area (Å²) in [7, 11) is 0.600. The van der Waals surface area contributed by atoms with Crippen LogP contribution in [-0.2, 0) is 0 Å². The molecule has 1 aromatic rings. The van der Waals surface area contributed by atoms with Gasteiger partial charge in [0.2, 0.25) is 0 Å². The molecule has 4 heteroatoms. The summed E-state index contributed by atoms with van der Waals surface area (Å²) in [5.74, 6) is 0.511. The lowest BCUT2D eigenvalue weighted by molar-refractivity contribution is 0.101. The third kappa shape index (κ3) is 2.10. The van der Waals surface area contributed by atoms with E-state index in [1.807, 2.05) is 0 Å². The number of ketones is 1. The number of benzene rings is 1. The molecule has 0 amide bonds. The van der Waals surface area contributed by atoms with E-state index in [2.05, 4.69) is 4.65 Å². The topological polar surface area (TPSA) is 46.5 Å². The summed E-state index contributed by atoms with van der Waals surface area (Å²) < 4.78 is 4.66. The first-order chi connectivity index (χ1) is 5.74. The van der Waals surface area contributed by atoms with Crippen LogP contribution in [0.2, 0.25) is 0 Å². The number of hydrogen-bond acceptors (Lipinski definition) is 3. The Kier molecular flexibility index (Phi) is 2.88. The Balaban J connectivity index is 2.78. The van der Waals surface area contributed by atoms with Gasteiger partial charge in [0, 0.05) is 5.56 Å². The molecule has 0 heterocycles. The predicted octanol–water partition coefficient (Wildman–Crippen LogP) is 0.794. The highest BCUT2D eigenvalue weighted by molar-refractivity contribution is 6.17. The van der Waals surface area contributed by atoms with Gasteiger partial charge in [0.05, 0.1) is 0 Å². The van der Waals surface area contributed by atoms with Crippen molar-refractivity contribution in [1.29, 1.82) is 0 Å². The molecule has 0 saturated heterocycles. The number of rotatable bonds is 3. The van der Waals surface area contributed by atoms with E-state index in [4.69, 9.17) is 5.02 Å². The van der Waals surface area contributed by atoms with Crippen LogP contribution in [0.25, 0.3) is 0 Å². The van der Waals surface area contributed by atoms with Crippen molar-refractivity contribution in [2.24, 2.45) is 0 Å². The van der Waals surface area contributed by atoms with Gasteiger partial charge in [-0.05, 0) is 31.2 Å². The van der Waals surface area contributed by atoms with Crippen LogP contribution in [0.15, 0.2) is 24.3 Å². The van der Waals surface area contributed by atoms with E-state index in [-0.39, 0.29) is 5.78 Å². The van der Waals surface area contributed by atoms with Gasteiger partial charge in [0.25, 0.3) is 0 Å². The van der Waals surface area contributed by atoms with E-state index in [9.17, 15) is 4.79 Å². The second-order valence-electron chi connectivity index (χ2n) is 2.30. The summed E-state index contributed by atoms with van der Waals surface area (Å²) >= 11 is 0. The van der Waals surface area contributed by atoms with Crippen LogP contribution in [0.5, 0.6) is 5.75 Å². The van der Waals surface area contributed by atoms with Gasteiger partial charge < -0.3 is 9.68 Å². The Morgan fingerprint density at radius 3 is 2.42 bits per heavy atom. The summed E-state index contributed by atoms with van der Waals surface area (Å²) in [4.78, 5) is 10.8. The zero-order valence-corrected chi connectivity index (χ0v) is 6.65. The highest BCUT2D eigenvalue weighted by Gasteiger charge is 1.98. The maximum atomic E-state index is 10.8. The monoisotopic (exact) mass is 163 g/mol. The summed E-state index contributed by atoms with van der Waals surface area (Å²) in [5, 5.41) is 8.28. The number of carbonyl (C=O) groups is 1. The van der Waals surface area contributed by atoms with Crippen molar-refractivity contribution in [3.63, 3.8) is 0 Å². The van der Waals surface area contributed by atoms with Crippen molar-refractivity contribution in [1.82, 2.24) is 0 Å². The van der Waals surface area contributed by atoms with Crippen molar-refractivity contribution >= 4 is 13.5 Å². The van der Waals surface area contributed by atoms with Gasteiger partial charge in [-0.15, -0.1) is 0 Å². The zero-order valence-electron chi connectivity index (χ0n) is 6.65. The van der Waals surface area contributed by atoms with Gasteiger partial charge in [0.15, 0.2) is 5.78 Å². The Morgan fingerprint density at radius 1 is 1.42 bits per heavy atom. The van der Waals surface area contributed by atoms with Crippen LogP contribution < -0.4 is 4.65 Å². The van der Waals surface area contributed by atoms with E-state index in [0.29, 0.717) is 19.0 Å². The highest BCUT2D eigenvalue weighted by Crippen LogP contribution is 2.11. The molecule has 12 heavy (non-hydrogen) atoms. The van der Waals surface area contributed by atoms with Crippen molar-refractivity contribution < 1.29 is 14.5 Å². The van der Waals surface area contributed by atoms with Crippen LogP contribution in [-0.4, -0.2) is 18.5 Å². The standard InChI is InChI=1S/C8H8BO3/c1-6(10)7-2-4-8(5-3-7)12-9-11/h2-5,11H,1H3. The predicted molar refractivity (Wildman–Crippen MR) is 45.0 cm³/mol. The van der Waals surface area contributed by atoms with Gasteiger partial charge >= 0.3 is 7.69 Å². The molecule has 1 radical (unpaired) electrons. The average Bonchev–Trinajstić information content (AvgIpc) is 2.06. The maximum Gasteiger partial charge on any atom is 0.569 e. The lowest BCUT2D eigenvalue weighted by atomic mass is 10.1. The first kappa shape index (κ1) is 8.81. The van der Waals surface area contributed by atoms with E-state index in [0.717, 1.165) is 0 Å². The second-order valence-corrected chi connectivity index (χ2v) is 2.30. The minimum absolute atomic E-state index is 0.00882. The molecule has 0 saturated carbocycles. The molecular weight excluding hydrogens is 155 g/mol. The molecule has 0 aliphatic heterocycles. The number of carbonyl (C=O) groups excluding carboxylic acids is 1. The van der Waals surface area contributed by atoms with Crippen LogP contribution >= 0.6 is 0 Å². The Bertz CT molecular complexity index is 268. The summed E-state index contributed by atoms with van der Waals surface area (Å²) in [6.45, 7) is 1.49. The van der Waals surface area contributed by atoms with Gasteiger partial charge in [-0.3, -0.25) is 4.79 Å². The first-order valence-electron chi connectivity index (χ1n) is 3.47. The normalized spacial score (nSPS) is 9.17. The first-order valence-corrected chi connectivity index (χ1v) is 3.47. The summed E-state index contributed by atoms with van der Waals surface area (Å²) in [5.41, 5.74) is 0.625. The third-order valence-corrected chi connectivity index (χ3v) is 1.45. The lowest BCUT2D eigenvalue weighted by Gasteiger charge is -2.00. The molecule has 1 N–H and O–H groups in total.